The third kappa shape index (κ3) is 19.9. The molecule has 13 N–H and O–H groups in total. The van der Waals surface area contributed by atoms with Gasteiger partial charge < -0.3 is 59.1 Å². The third-order valence-electron chi connectivity index (χ3n) is 8.60. The van der Waals surface area contributed by atoms with E-state index >= 15 is 0 Å². The number of unbranched alkanes of at least 4 members (excludes halogenated alkanes) is 1. The van der Waals surface area contributed by atoms with Gasteiger partial charge in [0.1, 0.15) is 35.9 Å². The van der Waals surface area contributed by atoms with Crippen LogP contribution >= 0.6 is 0 Å². The highest BCUT2D eigenvalue weighted by Gasteiger charge is 2.38. The van der Waals surface area contributed by atoms with Crippen molar-refractivity contribution >= 4 is 76.0 Å². The van der Waals surface area contributed by atoms with Crippen molar-refractivity contribution in [2.24, 2.45) is 5.73 Å². The predicted molar refractivity (Wildman–Crippen MR) is 224 cm³/mol. The molecule has 0 aliphatic heterocycles. The van der Waals surface area contributed by atoms with Crippen molar-refractivity contribution in [3.63, 3.8) is 0 Å². The van der Waals surface area contributed by atoms with E-state index in [0.717, 1.165) is 12.1 Å². The number of amides is 8. The third-order valence-corrected chi connectivity index (χ3v) is 8.60. The summed E-state index contributed by atoms with van der Waals surface area (Å²) < 4.78 is 31.7. The van der Waals surface area contributed by atoms with E-state index in [-0.39, 0.29) is 35.8 Å². The van der Waals surface area contributed by atoms with Gasteiger partial charge in [-0.3, -0.25) is 58.6 Å². The van der Waals surface area contributed by atoms with Gasteiger partial charge in [-0.25, -0.2) is 4.79 Å². The Morgan fingerprint density at radius 3 is 1.79 bits per heavy atom. The first-order valence-electron chi connectivity index (χ1n) is 19.3. The number of nitrogen functional groups attached to an aromatic ring is 1. The summed E-state index contributed by atoms with van der Waals surface area (Å²) in [6.45, 7) is 4.54. The fourth-order valence-corrected chi connectivity index (χ4v) is 5.07. The molecule has 5 atom stereocenters. The summed E-state index contributed by atoms with van der Waals surface area (Å²) in [6.07, 6.45) is -4.28. The van der Waals surface area contributed by atoms with Gasteiger partial charge in [0.2, 0.25) is 41.4 Å². The average molecular weight is 943 g/mol. The minimum Gasteiger partial charge on any atom is -0.475 e. The fourth-order valence-electron chi connectivity index (χ4n) is 5.07. The molecule has 0 radical (unpaired) electrons. The Kier molecular flexibility index (Phi) is 22.4. The van der Waals surface area contributed by atoms with E-state index in [1.165, 1.54) is 39.8 Å². The molecule has 0 bridgehead atoms. The van der Waals surface area contributed by atoms with Crippen LogP contribution in [0, 0.1) is 20.2 Å². The highest BCUT2D eigenvalue weighted by Crippen LogP contribution is 2.29. The van der Waals surface area contributed by atoms with Gasteiger partial charge in [-0.15, -0.1) is 0 Å². The normalized spacial score (nSPS) is 12.9. The zero-order chi connectivity index (χ0) is 50.5. The molecule has 0 unspecified atom stereocenters. The summed E-state index contributed by atoms with van der Waals surface area (Å²) in [5.74, 6) is -8.76. The SMILES string of the molecule is CC(=O)NCCCC[C@H](NC(=O)[C@H](C)NC(=O)CNC(=O)c1ccccc1N)C(=O)N[C@@H](C)C(=O)N[C@@H](C)C(=O)N[C@@H](CNc1ccc([N+](=O)[O-])cc1[N+](=O)[O-])C(N)=O.O=C(O)C(F)(F)F. The second-order valence-electron chi connectivity index (χ2n) is 13.9. The van der Waals surface area contributed by atoms with Gasteiger partial charge in [0, 0.05) is 31.8 Å². The molecule has 26 nitrogen and oxygen atoms in total. The van der Waals surface area contributed by atoms with Crippen molar-refractivity contribution in [1.29, 1.82) is 0 Å². The minimum absolute atomic E-state index is 0.0467. The number of hydrogen-bond donors (Lipinski definition) is 11. The smallest absolute Gasteiger partial charge is 0.475 e. The van der Waals surface area contributed by atoms with E-state index in [0.29, 0.717) is 18.9 Å². The van der Waals surface area contributed by atoms with Crippen molar-refractivity contribution in [3.8, 4) is 0 Å². The number of alkyl halides is 3. The van der Waals surface area contributed by atoms with Crippen LogP contribution in [-0.4, -0.2) is 124 Å². The van der Waals surface area contributed by atoms with Crippen LogP contribution in [0.1, 0.15) is 57.3 Å². The zero-order valence-corrected chi connectivity index (χ0v) is 35.6. The van der Waals surface area contributed by atoms with E-state index in [1.54, 1.807) is 12.1 Å². The Balaban J connectivity index is 0.00000286. The Bertz CT molecular complexity index is 2140. The Morgan fingerprint density at radius 2 is 1.27 bits per heavy atom. The quantitative estimate of drug-likeness (QED) is 0.0271. The Morgan fingerprint density at radius 1 is 0.742 bits per heavy atom. The number of non-ortho nitro benzene ring substituents is 1. The zero-order valence-electron chi connectivity index (χ0n) is 35.6. The number of carboxylic acid groups (broad SMARTS) is 1. The topological polar surface area (TPSA) is 408 Å². The summed E-state index contributed by atoms with van der Waals surface area (Å²) in [5, 5.41) is 49.2. The molecule has 0 spiro atoms. The molecule has 0 aromatic heterocycles. The molecule has 66 heavy (non-hydrogen) atoms. The van der Waals surface area contributed by atoms with Crippen LogP contribution in [0.25, 0.3) is 0 Å². The molecule has 0 saturated heterocycles. The number of carboxylic acids is 1. The second kappa shape index (κ2) is 26.5. The number of aliphatic carboxylic acids is 1. The number of primary amides is 1. The van der Waals surface area contributed by atoms with Gasteiger partial charge in [-0.1, -0.05) is 12.1 Å². The van der Waals surface area contributed by atoms with E-state index in [1.807, 2.05) is 0 Å². The van der Waals surface area contributed by atoms with Crippen molar-refractivity contribution in [1.82, 2.24) is 37.2 Å². The summed E-state index contributed by atoms with van der Waals surface area (Å²) in [7, 11) is 0. The minimum atomic E-state index is -5.08. The van der Waals surface area contributed by atoms with Crippen LogP contribution in [0.2, 0.25) is 0 Å². The van der Waals surface area contributed by atoms with Crippen LogP contribution in [0.15, 0.2) is 42.5 Å². The molecule has 0 aliphatic carbocycles. The van der Waals surface area contributed by atoms with Crippen LogP contribution in [0.3, 0.4) is 0 Å². The highest BCUT2D eigenvalue weighted by atomic mass is 19.4. The second-order valence-corrected chi connectivity index (χ2v) is 13.9. The number of hydrogen-bond acceptors (Lipinski definition) is 15. The number of halogens is 3. The van der Waals surface area contributed by atoms with Crippen molar-refractivity contribution in [3.05, 3.63) is 68.3 Å². The number of nitrogens with one attached hydrogen (secondary N) is 8. The van der Waals surface area contributed by atoms with E-state index in [9.17, 15) is 71.8 Å². The molecule has 0 heterocycles. The number of nitro benzene ring substituents is 2. The molecule has 29 heteroatoms. The number of benzene rings is 2. The van der Waals surface area contributed by atoms with E-state index in [4.69, 9.17) is 21.4 Å². The van der Waals surface area contributed by atoms with Gasteiger partial charge in [0.05, 0.1) is 28.0 Å². The number of para-hydroxylation sites is 1. The maximum absolute atomic E-state index is 13.4. The maximum atomic E-state index is 13.4. The summed E-state index contributed by atoms with van der Waals surface area (Å²) in [5.41, 5.74) is 10.1. The lowest BCUT2D eigenvalue weighted by molar-refractivity contribution is -0.393. The summed E-state index contributed by atoms with van der Waals surface area (Å²) >= 11 is 0. The number of anilines is 2. The molecule has 2 rings (SSSR count). The van der Waals surface area contributed by atoms with Gasteiger partial charge in [-0.05, 0) is 58.2 Å². The molecular weight excluding hydrogens is 893 g/mol. The maximum Gasteiger partial charge on any atom is 0.490 e. The largest absolute Gasteiger partial charge is 0.490 e. The molecular formula is C37H49F3N12O14. The standard InChI is InChI=1S/C35H48N12O12.C2HF3O2/c1-18(41-29(49)17-40-34(54)23-9-5-6-10-24(23)36)32(52)44-26(11-7-8-14-38-21(4)48)35(55)43-19(2)31(51)42-20(3)33(53)45-27(30(37)50)16-39-25-13-12-22(46(56)57)15-28(25)47(58)59;3-2(4,5)1(6)7/h5-6,9-10,12-13,15,18-20,26-27,39H,7-8,11,14,16-17,36H2,1-4H3,(H2,37,50)(H,38,48)(H,40,54)(H,41,49)(H,42,51)(H,43,55)(H,44,52)(H,45,53);(H,6,7)/t18-,19-,20-,26-,27-;/m0./s1. The molecule has 2 aromatic carbocycles. The molecule has 0 aliphatic rings. The molecule has 8 amide bonds. The van der Waals surface area contributed by atoms with Gasteiger partial charge in [-0.2, -0.15) is 13.2 Å². The monoisotopic (exact) mass is 942 g/mol. The molecule has 0 saturated carbocycles. The van der Waals surface area contributed by atoms with Gasteiger partial charge in [0.25, 0.3) is 17.3 Å². The first-order valence-corrected chi connectivity index (χ1v) is 19.3. The van der Waals surface area contributed by atoms with Crippen LogP contribution < -0.4 is 54.0 Å². The number of nitro groups is 2. The lowest BCUT2D eigenvalue weighted by Crippen LogP contribution is -2.58. The van der Waals surface area contributed by atoms with Crippen molar-refractivity contribution in [2.45, 2.75) is 83.3 Å². The van der Waals surface area contributed by atoms with Crippen LogP contribution in [0.5, 0.6) is 0 Å². The number of rotatable bonds is 23. The number of carbonyl (C=O) groups excluding carboxylic acids is 8. The van der Waals surface area contributed by atoms with Crippen LogP contribution in [0.4, 0.5) is 35.9 Å². The highest BCUT2D eigenvalue weighted by molar-refractivity contribution is 6.01. The Hall–Kier alpha value is -8.14. The molecule has 362 valence electrons. The van der Waals surface area contributed by atoms with E-state index < -0.39 is 118 Å². The van der Waals surface area contributed by atoms with Crippen molar-refractivity contribution < 1.29 is 71.3 Å². The van der Waals surface area contributed by atoms with Crippen molar-refractivity contribution in [2.75, 3.05) is 30.7 Å². The lowest BCUT2D eigenvalue weighted by atomic mass is 10.1. The lowest BCUT2D eigenvalue weighted by Gasteiger charge is -2.24. The number of nitrogens with two attached hydrogens (primary N) is 2. The molecule has 2 aromatic rings. The number of nitrogens with zero attached hydrogens (tertiary/aromatic N) is 2. The van der Waals surface area contributed by atoms with Gasteiger partial charge >= 0.3 is 12.1 Å². The first kappa shape index (κ1) is 55.9. The van der Waals surface area contributed by atoms with Gasteiger partial charge in [0.15, 0.2) is 0 Å². The van der Waals surface area contributed by atoms with E-state index in [2.05, 4.69) is 42.5 Å². The first-order chi connectivity index (χ1) is 30.7. The summed E-state index contributed by atoms with van der Waals surface area (Å²) in [4.78, 5) is 130. The number of carbonyl (C=O) groups is 9. The fraction of sp³-hybridized carbons (Fsp3) is 0.432. The Labute approximate surface area is 372 Å². The average Bonchev–Trinajstić information content (AvgIpc) is 3.22. The summed E-state index contributed by atoms with van der Waals surface area (Å²) in [6, 6.07) is 2.47. The predicted octanol–water partition coefficient (Wildman–Crippen LogP) is -1.16. The van der Waals surface area contributed by atoms with Crippen LogP contribution in [-0.2, 0) is 38.4 Å². The molecule has 0 fully saturated rings.